The molecule has 9 nitrogen and oxygen atoms in total. The lowest BCUT2D eigenvalue weighted by Gasteiger charge is -2.40. The van der Waals surface area contributed by atoms with Crippen LogP contribution in [0.4, 0.5) is 0 Å². The maximum Gasteiger partial charge on any atom is 0.220 e. The average Bonchev–Trinajstić information content (AvgIpc) is 2.95. The summed E-state index contributed by atoms with van der Waals surface area (Å²) in [6.07, 6.45) is 15.7. The van der Waals surface area contributed by atoms with E-state index in [1.807, 2.05) is 6.08 Å². The molecule has 1 aliphatic rings. The fourth-order valence-corrected chi connectivity index (χ4v) is 4.60. The zero-order chi connectivity index (χ0) is 29.6. The van der Waals surface area contributed by atoms with Crippen LogP contribution in [0.2, 0.25) is 0 Å². The summed E-state index contributed by atoms with van der Waals surface area (Å²) in [7, 11) is 0. The lowest BCUT2D eigenvalue weighted by molar-refractivity contribution is -0.302. The molecule has 1 rings (SSSR count). The van der Waals surface area contributed by atoms with Crippen LogP contribution in [0.15, 0.2) is 24.3 Å². The van der Waals surface area contributed by atoms with Crippen molar-refractivity contribution in [3.63, 3.8) is 0 Å². The minimum absolute atomic E-state index is 0.195. The highest BCUT2D eigenvalue weighted by Crippen LogP contribution is 2.22. The normalized spacial score (nSPS) is 25.0. The van der Waals surface area contributed by atoms with E-state index in [2.05, 4.69) is 31.3 Å². The molecule has 0 aromatic carbocycles. The number of unbranched alkanes of at least 4 members (excludes halogenated alkanes) is 11. The highest BCUT2D eigenvalue weighted by molar-refractivity contribution is 5.76. The van der Waals surface area contributed by atoms with E-state index in [9.17, 15) is 30.3 Å². The van der Waals surface area contributed by atoms with E-state index in [1.54, 1.807) is 6.08 Å². The Morgan fingerprint density at radius 3 is 2.08 bits per heavy atom. The summed E-state index contributed by atoms with van der Waals surface area (Å²) < 4.78 is 11.0. The molecular formula is C31H57NO8. The molecular weight excluding hydrogens is 514 g/mol. The third-order valence-corrected chi connectivity index (χ3v) is 7.27. The predicted octanol–water partition coefficient (Wildman–Crippen LogP) is 3.65. The number of carbonyl (C=O) groups is 1. The Kier molecular flexibility index (Phi) is 21.3. The molecule has 0 aromatic rings. The summed E-state index contributed by atoms with van der Waals surface area (Å²) in [5, 5.41) is 53.1. The van der Waals surface area contributed by atoms with Gasteiger partial charge in [-0.2, -0.15) is 0 Å². The Hall–Kier alpha value is -1.33. The smallest absolute Gasteiger partial charge is 0.220 e. The molecule has 0 radical (unpaired) electrons. The highest BCUT2D eigenvalue weighted by Gasteiger charge is 2.44. The van der Waals surface area contributed by atoms with Crippen LogP contribution in [0.3, 0.4) is 0 Å². The molecule has 1 amide bonds. The van der Waals surface area contributed by atoms with Gasteiger partial charge in [-0.1, -0.05) is 89.5 Å². The molecule has 0 spiro atoms. The van der Waals surface area contributed by atoms with Crippen molar-refractivity contribution in [1.82, 2.24) is 5.32 Å². The molecule has 1 saturated heterocycles. The van der Waals surface area contributed by atoms with Gasteiger partial charge in [0.2, 0.25) is 5.91 Å². The number of amides is 1. The number of nitrogens with one attached hydrogen (secondary N) is 1. The van der Waals surface area contributed by atoms with Crippen molar-refractivity contribution >= 4 is 5.91 Å². The average molecular weight is 572 g/mol. The number of rotatable bonds is 23. The lowest BCUT2D eigenvalue weighted by Crippen LogP contribution is -2.60. The van der Waals surface area contributed by atoms with E-state index >= 15 is 0 Å². The summed E-state index contributed by atoms with van der Waals surface area (Å²) >= 11 is 0. The third kappa shape index (κ3) is 15.6. The highest BCUT2D eigenvalue weighted by atomic mass is 16.7. The molecule has 0 bridgehead atoms. The summed E-state index contributed by atoms with van der Waals surface area (Å²) in [5.74, 6) is -0.200. The van der Waals surface area contributed by atoms with Gasteiger partial charge in [-0.25, -0.2) is 0 Å². The Bertz CT molecular complexity index is 686. The second-order valence-electron chi connectivity index (χ2n) is 10.9. The van der Waals surface area contributed by atoms with Crippen molar-refractivity contribution in [2.24, 2.45) is 0 Å². The summed E-state index contributed by atoms with van der Waals surface area (Å²) in [5.41, 5.74) is 0. The number of aliphatic hydroxyl groups is 5. The predicted molar refractivity (Wildman–Crippen MR) is 157 cm³/mol. The van der Waals surface area contributed by atoms with Crippen LogP contribution in [0.1, 0.15) is 110 Å². The van der Waals surface area contributed by atoms with E-state index in [4.69, 9.17) is 9.47 Å². The van der Waals surface area contributed by atoms with Gasteiger partial charge in [0.1, 0.15) is 24.4 Å². The molecule has 9 heteroatoms. The van der Waals surface area contributed by atoms with Gasteiger partial charge in [0, 0.05) is 6.42 Å². The van der Waals surface area contributed by atoms with Crippen molar-refractivity contribution in [2.75, 3.05) is 13.2 Å². The van der Waals surface area contributed by atoms with Gasteiger partial charge >= 0.3 is 0 Å². The largest absolute Gasteiger partial charge is 0.394 e. The SMILES string of the molecule is CCCC/C=C/C(O)C(COC1OC(CO)C(O)C(O)C1O)NC(=O)CCCCCCC/C=C\CCCCCC. The van der Waals surface area contributed by atoms with E-state index in [1.165, 1.54) is 32.1 Å². The maximum atomic E-state index is 12.6. The standard InChI is InChI=1S/C31H57NO8/c1-3-5-7-9-10-11-12-13-14-15-16-17-19-21-27(35)32-24(25(34)20-18-8-6-4-2)23-39-31-30(38)29(37)28(36)26(22-33)40-31/h11-12,18,20,24-26,28-31,33-34,36-38H,3-10,13-17,19,21-23H2,1-2H3,(H,32,35)/b12-11-,20-18+. The van der Waals surface area contributed by atoms with Crippen LogP contribution >= 0.6 is 0 Å². The molecule has 0 aliphatic carbocycles. The summed E-state index contributed by atoms with van der Waals surface area (Å²) in [6, 6.07) is -0.800. The van der Waals surface area contributed by atoms with Gasteiger partial charge in [-0.05, 0) is 38.5 Å². The van der Waals surface area contributed by atoms with Gasteiger partial charge in [0.05, 0.1) is 25.4 Å². The third-order valence-electron chi connectivity index (χ3n) is 7.27. The van der Waals surface area contributed by atoms with Crippen LogP contribution in [0.5, 0.6) is 0 Å². The lowest BCUT2D eigenvalue weighted by atomic mass is 9.99. The first-order valence-corrected chi connectivity index (χ1v) is 15.6. The Balaban J connectivity index is 2.44. The second-order valence-corrected chi connectivity index (χ2v) is 10.9. The number of carbonyl (C=O) groups excluding carboxylic acids is 1. The van der Waals surface area contributed by atoms with Crippen LogP contribution in [-0.4, -0.2) is 87.5 Å². The Morgan fingerprint density at radius 2 is 1.43 bits per heavy atom. The Labute approximate surface area is 241 Å². The van der Waals surface area contributed by atoms with Crippen LogP contribution < -0.4 is 5.32 Å². The van der Waals surface area contributed by atoms with E-state index in [0.717, 1.165) is 57.8 Å². The maximum absolute atomic E-state index is 12.6. The number of aliphatic hydroxyl groups excluding tert-OH is 5. The van der Waals surface area contributed by atoms with Gasteiger partial charge < -0.3 is 40.3 Å². The molecule has 40 heavy (non-hydrogen) atoms. The monoisotopic (exact) mass is 571 g/mol. The number of allylic oxidation sites excluding steroid dienone is 3. The second kappa shape index (κ2) is 23.3. The Morgan fingerprint density at radius 1 is 0.825 bits per heavy atom. The molecule has 0 saturated carbocycles. The molecule has 7 unspecified atom stereocenters. The van der Waals surface area contributed by atoms with Crippen LogP contribution in [0.25, 0.3) is 0 Å². The number of hydrogen-bond donors (Lipinski definition) is 6. The quantitative estimate of drug-likeness (QED) is 0.0804. The van der Waals surface area contributed by atoms with Crippen molar-refractivity contribution in [1.29, 1.82) is 0 Å². The minimum atomic E-state index is -1.56. The fourth-order valence-electron chi connectivity index (χ4n) is 4.60. The van der Waals surface area contributed by atoms with Gasteiger partial charge in [0.15, 0.2) is 6.29 Å². The van der Waals surface area contributed by atoms with Gasteiger partial charge in [-0.15, -0.1) is 0 Å². The first-order chi connectivity index (χ1) is 19.3. The van der Waals surface area contributed by atoms with Crippen LogP contribution in [-0.2, 0) is 14.3 Å². The zero-order valence-corrected chi connectivity index (χ0v) is 24.8. The molecule has 0 aromatic heterocycles. The minimum Gasteiger partial charge on any atom is -0.394 e. The van der Waals surface area contributed by atoms with Crippen molar-refractivity contribution < 1.29 is 39.8 Å². The zero-order valence-electron chi connectivity index (χ0n) is 24.8. The molecule has 6 N–H and O–H groups in total. The van der Waals surface area contributed by atoms with E-state index in [0.29, 0.717) is 6.42 Å². The fraction of sp³-hybridized carbons (Fsp3) is 0.839. The summed E-state index contributed by atoms with van der Waals surface area (Å²) in [6.45, 7) is 3.54. The van der Waals surface area contributed by atoms with Gasteiger partial charge in [-0.3, -0.25) is 4.79 Å². The molecule has 234 valence electrons. The topological polar surface area (TPSA) is 149 Å². The summed E-state index contributed by atoms with van der Waals surface area (Å²) in [4.78, 5) is 12.6. The van der Waals surface area contributed by atoms with Gasteiger partial charge in [0.25, 0.3) is 0 Å². The van der Waals surface area contributed by atoms with Crippen molar-refractivity contribution in [2.45, 2.75) is 153 Å². The number of ether oxygens (including phenoxy) is 2. The van der Waals surface area contributed by atoms with Crippen molar-refractivity contribution in [3.05, 3.63) is 24.3 Å². The first-order valence-electron chi connectivity index (χ1n) is 15.6. The molecule has 7 atom stereocenters. The number of hydrogen-bond acceptors (Lipinski definition) is 8. The first kappa shape index (κ1) is 36.7. The van der Waals surface area contributed by atoms with E-state index < -0.39 is 49.5 Å². The molecule has 1 fully saturated rings. The van der Waals surface area contributed by atoms with Crippen LogP contribution in [0, 0.1) is 0 Å². The molecule has 1 aliphatic heterocycles. The van der Waals surface area contributed by atoms with E-state index in [-0.39, 0.29) is 12.5 Å². The van der Waals surface area contributed by atoms with Crippen molar-refractivity contribution in [3.8, 4) is 0 Å². The molecule has 1 heterocycles.